The van der Waals surface area contributed by atoms with Gasteiger partial charge in [0, 0.05) is 0 Å². The zero-order valence-electron chi connectivity index (χ0n) is 12.8. The molecule has 0 saturated heterocycles. The average Bonchev–Trinajstić information content (AvgIpc) is 2.42. The molecule has 112 valence electrons. The zero-order chi connectivity index (χ0) is 15.0. The van der Waals surface area contributed by atoms with Crippen LogP contribution < -0.4 is 9.47 Å². The lowest BCUT2D eigenvalue weighted by Crippen LogP contribution is -2.17. The molecule has 0 N–H and O–H groups in total. The van der Waals surface area contributed by atoms with Crippen molar-refractivity contribution in [3.05, 3.63) is 23.8 Å². The Bertz CT molecular complexity index is 428. The molecule has 20 heavy (non-hydrogen) atoms. The van der Waals surface area contributed by atoms with Crippen molar-refractivity contribution in [2.24, 2.45) is 5.92 Å². The van der Waals surface area contributed by atoms with Gasteiger partial charge >= 0.3 is 5.97 Å². The van der Waals surface area contributed by atoms with E-state index in [1.165, 1.54) is 0 Å². The maximum Gasteiger partial charge on any atom is 0.308 e. The van der Waals surface area contributed by atoms with Crippen LogP contribution in [0.4, 0.5) is 0 Å². The van der Waals surface area contributed by atoms with E-state index in [9.17, 15) is 4.79 Å². The number of carbonyl (C=O) groups excluding carboxylic acids is 1. The topological polar surface area (TPSA) is 44.8 Å². The Morgan fingerprint density at radius 3 is 2.30 bits per heavy atom. The van der Waals surface area contributed by atoms with Crippen molar-refractivity contribution in [1.82, 2.24) is 0 Å². The molecule has 0 aliphatic carbocycles. The van der Waals surface area contributed by atoms with Crippen LogP contribution in [0.5, 0.6) is 11.5 Å². The molecule has 1 aromatic carbocycles. The monoisotopic (exact) mass is 280 g/mol. The van der Waals surface area contributed by atoms with Crippen LogP contribution in [-0.4, -0.2) is 25.8 Å². The second-order valence-electron chi connectivity index (χ2n) is 4.50. The summed E-state index contributed by atoms with van der Waals surface area (Å²) >= 11 is 0. The Kier molecular flexibility index (Phi) is 6.91. The molecule has 0 radical (unpaired) electrons. The first kappa shape index (κ1) is 16.3. The minimum Gasteiger partial charge on any atom is -0.490 e. The van der Waals surface area contributed by atoms with Crippen molar-refractivity contribution in [2.75, 3.05) is 19.8 Å². The molecule has 0 heterocycles. The smallest absolute Gasteiger partial charge is 0.308 e. The average molecular weight is 280 g/mol. The summed E-state index contributed by atoms with van der Waals surface area (Å²) in [4.78, 5) is 11.6. The molecule has 0 saturated carbocycles. The normalized spacial score (nSPS) is 11.8. The summed E-state index contributed by atoms with van der Waals surface area (Å²) in [6.45, 7) is 9.14. The molecule has 0 unspecified atom stereocenters. The second-order valence-corrected chi connectivity index (χ2v) is 4.50. The lowest BCUT2D eigenvalue weighted by Gasteiger charge is -2.14. The number of carbonyl (C=O) groups is 1. The molecular weight excluding hydrogens is 256 g/mol. The van der Waals surface area contributed by atoms with Crippen molar-refractivity contribution in [2.45, 2.75) is 34.1 Å². The minimum atomic E-state index is -0.167. The van der Waals surface area contributed by atoms with E-state index >= 15 is 0 Å². The van der Waals surface area contributed by atoms with Crippen LogP contribution in [0, 0.1) is 5.92 Å². The van der Waals surface area contributed by atoms with Crippen molar-refractivity contribution in [3.63, 3.8) is 0 Å². The SMILES string of the molecule is CCOC(=O)[C@@H](C)Cc1ccc(OCC)c(OCC)c1. The lowest BCUT2D eigenvalue weighted by molar-refractivity contribution is -0.147. The van der Waals surface area contributed by atoms with Crippen molar-refractivity contribution in [1.29, 1.82) is 0 Å². The molecular formula is C16H24O4. The van der Waals surface area contributed by atoms with Gasteiger partial charge in [-0.2, -0.15) is 0 Å². The molecule has 0 aliphatic heterocycles. The largest absolute Gasteiger partial charge is 0.490 e. The predicted molar refractivity (Wildman–Crippen MR) is 78.3 cm³/mol. The number of benzene rings is 1. The van der Waals surface area contributed by atoms with Gasteiger partial charge in [0.2, 0.25) is 0 Å². The number of rotatable bonds is 8. The molecule has 0 amide bonds. The van der Waals surface area contributed by atoms with Gasteiger partial charge in [-0.25, -0.2) is 0 Å². The summed E-state index contributed by atoms with van der Waals surface area (Å²) in [5.41, 5.74) is 1.04. The summed E-state index contributed by atoms with van der Waals surface area (Å²) in [5.74, 6) is 1.13. The van der Waals surface area contributed by atoms with Gasteiger partial charge in [-0.3, -0.25) is 4.79 Å². The summed E-state index contributed by atoms with van der Waals surface area (Å²) in [6, 6.07) is 5.79. The van der Waals surface area contributed by atoms with E-state index in [1.807, 2.05) is 45.9 Å². The van der Waals surface area contributed by atoms with Crippen molar-refractivity contribution < 1.29 is 19.0 Å². The molecule has 4 heteroatoms. The maximum atomic E-state index is 11.6. The second kappa shape index (κ2) is 8.46. The van der Waals surface area contributed by atoms with Crippen LogP contribution in [0.15, 0.2) is 18.2 Å². The van der Waals surface area contributed by atoms with E-state index in [1.54, 1.807) is 0 Å². The molecule has 0 aliphatic rings. The first-order chi connectivity index (χ1) is 9.62. The highest BCUT2D eigenvalue weighted by atomic mass is 16.5. The third-order valence-electron chi connectivity index (χ3n) is 2.84. The van der Waals surface area contributed by atoms with E-state index < -0.39 is 0 Å². The Labute approximate surface area is 121 Å². The fraction of sp³-hybridized carbons (Fsp3) is 0.562. The lowest BCUT2D eigenvalue weighted by atomic mass is 10.0. The first-order valence-electron chi connectivity index (χ1n) is 7.17. The predicted octanol–water partition coefficient (Wildman–Crippen LogP) is 3.23. The Hall–Kier alpha value is -1.71. The highest BCUT2D eigenvalue weighted by Gasteiger charge is 2.16. The van der Waals surface area contributed by atoms with Crippen molar-refractivity contribution in [3.8, 4) is 11.5 Å². The third kappa shape index (κ3) is 4.76. The summed E-state index contributed by atoms with van der Waals surface area (Å²) < 4.78 is 16.1. The van der Waals surface area contributed by atoms with Gasteiger partial charge in [-0.05, 0) is 44.9 Å². The Balaban J connectivity index is 2.80. The molecule has 0 bridgehead atoms. The number of hydrogen-bond donors (Lipinski definition) is 0. The highest BCUT2D eigenvalue weighted by Crippen LogP contribution is 2.29. The molecule has 1 aromatic rings. The number of esters is 1. The molecule has 0 fully saturated rings. The quantitative estimate of drug-likeness (QED) is 0.686. The summed E-state index contributed by atoms with van der Waals surface area (Å²) in [7, 11) is 0. The van der Waals surface area contributed by atoms with Gasteiger partial charge in [-0.15, -0.1) is 0 Å². The van der Waals surface area contributed by atoms with E-state index in [0.717, 1.165) is 17.1 Å². The van der Waals surface area contributed by atoms with Gasteiger partial charge < -0.3 is 14.2 Å². The van der Waals surface area contributed by atoms with Crippen LogP contribution in [0.3, 0.4) is 0 Å². The van der Waals surface area contributed by atoms with Crippen molar-refractivity contribution >= 4 is 5.97 Å². The first-order valence-corrected chi connectivity index (χ1v) is 7.17. The van der Waals surface area contributed by atoms with Crippen LogP contribution in [0.2, 0.25) is 0 Å². The van der Waals surface area contributed by atoms with Gasteiger partial charge in [0.25, 0.3) is 0 Å². The molecule has 1 rings (SSSR count). The van der Waals surface area contributed by atoms with Gasteiger partial charge in [0.1, 0.15) is 0 Å². The molecule has 1 atom stereocenters. The number of ether oxygens (including phenoxy) is 3. The fourth-order valence-corrected chi connectivity index (χ4v) is 1.94. The fourth-order valence-electron chi connectivity index (χ4n) is 1.94. The van der Waals surface area contributed by atoms with Gasteiger partial charge in [0.05, 0.1) is 25.7 Å². The molecule has 0 spiro atoms. The highest BCUT2D eigenvalue weighted by molar-refractivity contribution is 5.72. The van der Waals surface area contributed by atoms with Gasteiger partial charge in [-0.1, -0.05) is 13.0 Å². The Morgan fingerprint density at radius 1 is 1.05 bits per heavy atom. The summed E-state index contributed by atoms with van der Waals surface area (Å²) in [6.07, 6.45) is 0.630. The van der Waals surface area contributed by atoms with E-state index in [-0.39, 0.29) is 11.9 Å². The van der Waals surface area contributed by atoms with E-state index in [4.69, 9.17) is 14.2 Å². The maximum absolute atomic E-state index is 11.6. The van der Waals surface area contributed by atoms with Crippen LogP contribution in [0.1, 0.15) is 33.3 Å². The Morgan fingerprint density at radius 2 is 1.70 bits per heavy atom. The zero-order valence-corrected chi connectivity index (χ0v) is 12.8. The molecule has 0 aromatic heterocycles. The third-order valence-corrected chi connectivity index (χ3v) is 2.84. The standard InChI is InChI=1S/C16H24O4/c1-5-18-14-9-8-13(11-15(14)19-6-2)10-12(4)16(17)20-7-3/h8-9,11-12H,5-7,10H2,1-4H3/t12-/m0/s1. The van der Waals surface area contributed by atoms with Gasteiger partial charge in [0.15, 0.2) is 11.5 Å². The number of hydrogen-bond acceptors (Lipinski definition) is 4. The molecule has 4 nitrogen and oxygen atoms in total. The van der Waals surface area contributed by atoms with Crippen LogP contribution >= 0.6 is 0 Å². The minimum absolute atomic E-state index is 0.164. The van der Waals surface area contributed by atoms with Crippen LogP contribution in [0.25, 0.3) is 0 Å². The van der Waals surface area contributed by atoms with Crippen LogP contribution in [-0.2, 0) is 16.0 Å². The van der Waals surface area contributed by atoms with E-state index in [0.29, 0.717) is 26.2 Å². The summed E-state index contributed by atoms with van der Waals surface area (Å²) in [5, 5.41) is 0. The van der Waals surface area contributed by atoms with E-state index in [2.05, 4.69) is 0 Å².